The summed E-state index contributed by atoms with van der Waals surface area (Å²) >= 11 is 0. The van der Waals surface area contributed by atoms with Crippen LogP contribution < -0.4 is 10.6 Å². The van der Waals surface area contributed by atoms with E-state index in [1.54, 1.807) is 13.3 Å². The van der Waals surface area contributed by atoms with Gasteiger partial charge in [0.1, 0.15) is 6.26 Å². The van der Waals surface area contributed by atoms with E-state index in [2.05, 4.69) is 46.5 Å². The Morgan fingerprint density at radius 3 is 2.52 bits per heavy atom. The highest BCUT2D eigenvalue weighted by Crippen LogP contribution is 2.22. The van der Waals surface area contributed by atoms with Gasteiger partial charge in [-0.1, -0.05) is 36.7 Å². The van der Waals surface area contributed by atoms with E-state index < -0.39 is 0 Å². The molecule has 0 amide bonds. The molecule has 3 rings (SSSR count). The molecule has 3 aromatic rings. The molecule has 154 valence electrons. The first kappa shape index (κ1) is 20.6. The van der Waals surface area contributed by atoms with Crippen LogP contribution in [-0.4, -0.2) is 23.1 Å². The molecule has 1 aromatic carbocycles. The second kappa shape index (κ2) is 9.91. The summed E-state index contributed by atoms with van der Waals surface area (Å²) in [6.07, 6.45) is 3.77. The van der Waals surface area contributed by atoms with Crippen LogP contribution in [0.25, 0.3) is 11.5 Å². The highest BCUT2D eigenvalue weighted by atomic mass is 16.5. The third-order valence-electron chi connectivity index (χ3n) is 4.92. The Morgan fingerprint density at radius 2 is 1.83 bits per heavy atom. The summed E-state index contributed by atoms with van der Waals surface area (Å²) in [5.41, 5.74) is 3.99. The van der Waals surface area contributed by atoms with Crippen LogP contribution in [0, 0.1) is 6.92 Å². The zero-order chi connectivity index (χ0) is 20.6. The van der Waals surface area contributed by atoms with Crippen molar-refractivity contribution in [2.75, 3.05) is 7.05 Å². The van der Waals surface area contributed by atoms with Crippen molar-refractivity contribution in [2.24, 2.45) is 4.99 Å². The maximum Gasteiger partial charge on any atom is 0.226 e. The Bertz CT molecular complexity index is 923. The molecule has 2 heterocycles. The molecule has 7 nitrogen and oxygen atoms in total. The molecular weight excluding hydrogens is 366 g/mol. The summed E-state index contributed by atoms with van der Waals surface area (Å²) in [5, 5.41) is 10.7. The normalized spacial score (nSPS) is 11.8. The number of nitrogens with one attached hydrogen (secondary N) is 2. The van der Waals surface area contributed by atoms with Crippen molar-refractivity contribution >= 4 is 5.96 Å². The van der Waals surface area contributed by atoms with Crippen molar-refractivity contribution in [1.82, 2.24) is 20.8 Å². The standard InChI is InChI=1S/C22H29N5O2/c1-5-16(6-2)20-11-19(29-27-20)13-25-22(23-4)24-12-18-14-28-21(26-18)17-9-7-15(3)8-10-17/h7-11,14,16H,5-6,12-13H2,1-4H3,(H2,23,24,25). The minimum atomic E-state index is 0.444. The van der Waals surface area contributed by atoms with Gasteiger partial charge >= 0.3 is 0 Å². The zero-order valence-corrected chi connectivity index (χ0v) is 17.5. The summed E-state index contributed by atoms with van der Waals surface area (Å²) in [5.74, 6) is 2.50. The number of aliphatic imine (C=N–C) groups is 1. The summed E-state index contributed by atoms with van der Waals surface area (Å²) in [6, 6.07) is 10.1. The van der Waals surface area contributed by atoms with Crippen LogP contribution in [-0.2, 0) is 13.1 Å². The molecule has 7 heteroatoms. The SMILES string of the molecule is CCC(CC)c1cc(CNC(=NC)NCc2coc(-c3ccc(C)cc3)n2)on1. The molecule has 0 atom stereocenters. The minimum absolute atomic E-state index is 0.444. The molecule has 2 N–H and O–H groups in total. The Morgan fingerprint density at radius 1 is 1.10 bits per heavy atom. The fourth-order valence-corrected chi connectivity index (χ4v) is 3.09. The van der Waals surface area contributed by atoms with Gasteiger partial charge in [0, 0.05) is 24.6 Å². The monoisotopic (exact) mass is 395 g/mol. The number of guanidine groups is 1. The minimum Gasteiger partial charge on any atom is -0.444 e. The molecular formula is C22H29N5O2. The van der Waals surface area contributed by atoms with Crippen molar-refractivity contribution in [1.29, 1.82) is 0 Å². The van der Waals surface area contributed by atoms with Gasteiger partial charge in [-0.25, -0.2) is 4.98 Å². The Balaban J connectivity index is 1.51. The zero-order valence-electron chi connectivity index (χ0n) is 17.5. The second-order valence-electron chi connectivity index (χ2n) is 7.02. The van der Waals surface area contributed by atoms with Gasteiger partial charge in [0.05, 0.1) is 24.5 Å². The van der Waals surface area contributed by atoms with Gasteiger partial charge in [0.25, 0.3) is 0 Å². The largest absolute Gasteiger partial charge is 0.444 e. The Kier molecular flexibility index (Phi) is 7.05. The molecule has 0 unspecified atom stereocenters. The van der Waals surface area contributed by atoms with E-state index >= 15 is 0 Å². The fraction of sp³-hybridized carbons (Fsp3) is 0.409. The van der Waals surface area contributed by atoms with Gasteiger partial charge < -0.3 is 19.6 Å². The van der Waals surface area contributed by atoms with Crippen LogP contribution in [0.15, 0.2) is 50.5 Å². The van der Waals surface area contributed by atoms with Crippen LogP contribution in [0.1, 0.15) is 55.3 Å². The summed E-state index contributed by atoms with van der Waals surface area (Å²) < 4.78 is 11.0. The number of nitrogens with zero attached hydrogens (tertiary/aromatic N) is 3. The fourth-order valence-electron chi connectivity index (χ4n) is 3.09. The first-order valence-electron chi connectivity index (χ1n) is 10.0. The van der Waals surface area contributed by atoms with E-state index in [0.29, 0.717) is 30.9 Å². The van der Waals surface area contributed by atoms with Crippen molar-refractivity contribution in [3.05, 3.63) is 59.3 Å². The molecule has 0 aliphatic rings. The third-order valence-corrected chi connectivity index (χ3v) is 4.92. The maximum absolute atomic E-state index is 5.60. The van der Waals surface area contributed by atoms with Crippen molar-refractivity contribution < 1.29 is 8.94 Å². The van der Waals surface area contributed by atoms with Crippen LogP contribution in [0.2, 0.25) is 0 Å². The third kappa shape index (κ3) is 5.47. The predicted octanol–water partition coefficient (Wildman–Crippen LogP) is 4.41. The lowest BCUT2D eigenvalue weighted by molar-refractivity contribution is 0.368. The van der Waals surface area contributed by atoms with E-state index in [1.165, 1.54) is 5.56 Å². The number of aromatic nitrogens is 2. The predicted molar refractivity (Wildman–Crippen MR) is 114 cm³/mol. The molecule has 2 aromatic heterocycles. The summed E-state index contributed by atoms with van der Waals surface area (Å²) in [7, 11) is 1.73. The van der Waals surface area contributed by atoms with Crippen molar-refractivity contribution in [2.45, 2.75) is 52.6 Å². The van der Waals surface area contributed by atoms with Crippen LogP contribution in [0.4, 0.5) is 0 Å². The van der Waals surface area contributed by atoms with Gasteiger partial charge in [-0.15, -0.1) is 0 Å². The molecule has 0 saturated heterocycles. The van der Waals surface area contributed by atoms with E-state index in [0.717, 1.165) is 35.6 Å². The van der Waals surface area contributed by atoms with Gasteiger partial charge in [0.15, 0.2) is 11.7 Å². The number of benzene rings is 1. The first-order valence-corrected chi connectivity index (χ1v) is 10.0. The molecule has 0 spiro atoms. The first-order chi connectivity index (χ1) is 14.1. The lowest BCUT2D eigenvalue weighted by atomic mass is 9.99. The number of hydrogen-bond donors (Lipinski definition) is 2. The molecule has 0 aliphatic carbocycles. The number of hydrogen-bond acceptors (Lipinski definition) is 5. The van der Waals surface area contributed by atoms with Gasteiger partial charge in [-0.3, -0.25) is 4.99 Å². The Labute approximate surface area is 171 Å². The number of oxazole rings is 1. The van der Waals surface area contributed by atoms with Crippen LogP contribution in [0.3, 0.4) is 0 Å². The smallest absolute Gasteiger partial charge is 0.226 e. The quantitative estimate of drug-likeness (QED) is 0.434. The lowest BCUT2D eigenvalue weighted by Crippen LogP contribution is -2.36. The summed E-state index contributed by atoms with van der Waals surface area (Å²) in [6.45, 7) is 7.41. The lowest BCUT2D eigenvalue weighted by Gasteiger charge is -2.09. The van der Waals surface area contributed by atoms with E-state index in [9.17, 15) is 0 Å². The van der Waals surface area contributed by atoms with Crippen molar-refractivity contribution in [3.63, 3.8) is 0 Å². The summed E-state index contributed by atoms with van der Waals surface area (Å²) in [4.78, 5) is 8.78. The van der Waals surface area contributed by atoms with E-state index in [-0.39, 0.29) is 0 Å². The maximum atomic E-state index is 5.60. The van der Waals surface area contributed by atoms with E-state index in [4.69, 9.17) is 8.94 Å². The van der Waals surface area contributed by atoms with Crippen LogP contribution >= 0.6 is 0 Å². The second-order valence-corrected chi connectivity index (χ2v) is 7.02. The molecule has 0 aliphatic heterocycles. The van der Waals surface area contributed by atoms with Gasteiger partial charge in [-0.2, -0.15) is 0 Å². The molecule has 0 bridgehead atoms. The average molecular weight is 396 g/mol. The average Bonchev–Trinajstić information content (AvgIpc) is 3.40. The highest BCUT2D eigenvalue weighted by molar-refractivity contribution is 5.79. The molecule has 0 fully saturated rings. The van der Waals surface area contributed by atoms with Gasteiger partial charge in [-0.05, 0) is 31.9 Å². The highest BCUT2D eigenvalue weighted by Gasteiger charge is 2.13. The van der Waals surface area contributed by atoms with E-state index in [1.807, 2.05) is 30.3 Å². The molecule has 0 radical (unpaired) electrons. The topological polar surface area (TPSA) is 88.5 Å². The van der Waals surface area contributed by atoms with Gasteiger partial charge in [0.2, 0.25) is 5.89 Å². The number of rotatable bonds is 8. The molecule has 0 saturated carbocycles. The Hall–Kier alpha value is -3.09. The van der Waals surface area contributed by atoms with Crippen molar-refractivity contribution in [3.8, 4) is 11.5 Å². The molecule has 29 heavy (non-hydrogen) atoms. The number of aryl methyl sites for hydroxylation is 1. The van der Waals surface area contributed by atoms with Crippen LogP contribution in [0.5, 0.6) is 0 Å².